The highest BCUT2D eigenvalue weighted by molar-refractivity contribution is 9.09. The van der Waals surface area contributed by atoms with Crippen molar-refractivity contribution < 1.29 is 9.18 Å². The number of rotatable bonds is 1. The first-order valence-electron chi connectivity index (χ1n) is 4.78. The number of hydrogen-bond acceptors (Lipinski definition) is 1. The van der Waals surface area contributed by atoms with Gasteiger partial charge in [0.05, 0.1) is 0 Å². The van der Waals surface area contributed by atoms with E-state index in [9.17, 15) is 9.18 Å². The summed E-state index contributed by atoms with van der Waals surface area (Å²) in [6.45, 7) is 2.36. The lowest BCUT2D eigenvalue weighted by Gasteiger charge is -2.16. The fraction of sp³-hybridized carbons (Fsp3) is 0.364. The molecule has 0 spiro atoms. The van der Waals surface area contributed by atoms with Crippen LogP contribution < -0.4 is 4.90 Å². The summed E-state index contributed by atoms with van der Waals surface area (Å²) in [7, 11) is 0. The van der Waals surface area contributed by atoms with E-state index >= 15 is 0 Å². The van der Waals surface area contributed by atoms with Crippen molar-refractivity contribution in [2.24, 2.45) is 0 Å². The number of carbonyl (C=O) groups is 1. The molecule has 1 fully saturated rings. The molecule has 1 atom stereocenters. The summed E-state index contributed by atoms with van der Waals surface area (Å²) in [5.74, 6) is -0.149. The maximum absolute atomic E-state index is 13.0. The maximum atomic E-state index is 13.0. The number of amides is 1. The van der Waals surface area contributed by atoms with Crippen molar-refractivity contribution in [2.75, 3.05) is 11.4 Å². The monoisotopic (exact) mass is 271 g/mol. The Morgan fingerprint density at radius 3 is 2.80 bits per heavy atom. The molecule has 80 valence electrons. The van der Waals surface area contributed by atoms with Crippen LogP contribution in [-0.4, -0.2) is 17.3 Å². The van der Waals surface area contributed by atoms with Gasteiger partial charge >= 0.3 is 0 Å². The molecule has 1 aromatic carbocycles. The van der Waals surface area contributed by atoms with Crippen molar-refractivity contribution in [1.82, 2.24) is 0 Å². The van der Waals surface area contributed by atoms with Gasteiger partial charge in [-0.1, -0.05) is 15.9 Å². The molecule has 1 saturated heterocycles. The average molecular weight is 272 g/mol. The molecular formula is C11H11BrFNO. The molecule has 1 aromatic rings. The first-order valence-corrected chi connectivity index (χ1v) is 5.70. The predicted octanol–water partition coefficient (Wildman–Crippen LogP) is 2.63. The number of nitrogens with zero attached hydrogens (tertiary/aromatic N) is 1. The van der Waals surface area contributed by atoms with Gasteiger partial charge in [0.25, 0.3) is 0 Å². The fourth-order valence-corrected chi connectivity index (χ4v) is 2.28. The number of alkyl halides is 1. The lowest BCUT2D eigenvalue weighted by Crippen LogP contribution is -2.24. The topological polar surface area (TPSA) is 20.3 Å². The molecule has 1 unspecified atom stereocenters. The van der Waals surface area contributed by atoms with Crippen LogP contribution in [0.1, 0.15) is 12.0 Å². The molecule has 1 aliphatic heterocycles. The fourth-order valence-electron chi connectivity index (χ4n) is 1.71. The molecule has 0 aromatic heterocycles. The Morgan fingerprint density at radius 2 is 2.27 bits per heavy atom. The van der Waals surface area contributed by atoms with E-state index in [4.69, 9.17) is 0 Å². The minimum Gasteiger partial charge on any atom is -0.311 e. The van der Waals surface area contributed by atoms with Crippen molar-refractivity contribution in [3.63, 3.8) is 0 Å². The number of anilines is 1. The quantitative estimate of drug-likeness (QED) is 0.720. The summed E-state index contributed by atoms with van der Waals surface area (Å²) in [5.41, 5.74) is 1.35. The smallest absolute Gasteiger partial charge is 0.228 e. The highest BCUT2D eigenvalue weighted by atomic mass is 79.9. The highest BCUT2D eigenvalue weighted by Crippen LogP contribution is 2.26. The third kappa shape index (κ3) is 2.04. The van der Waals surface area contributed by atoms with Gasteiger partial charge in [-0.15, -0.1) is 0 Å². The second kappa shape index (κ2) is 3.93. The van der Waals surface area contributed by atoms with Crippen molar-refractivity contribution in [1.29, 1.82) is 0 Å². The van der Waals surface area contributed by atoms with E-state index in [-0.39, 0.29) is 16.6 Å². The molecule has 0 bridgehead atoms. The van der Waals surface area contributed by atoms with E-state index in [0.29, 0.717) is 18.5 Å². The predicted molar refractivity (Wildman–Crippen MR) is 60.8 cm³/mol. The van der Waals surface area contributed by atoms with Crippen LogP contribution in [0.4, 0.5) is 10.1 Å². The molecule has 1 aliphatic rings. The number of carbonyl (C=O) groups excluding carboxylic acids is 1. The van der Waals surface area contributed by atoms with Gasteiger partial charge in [-0.25, -0.2) is 4.39 Å². The van der Waals surface area contributed by atoms with Gasteiger partial charge < -0.3 is 4.90 Å². The number of halogens is 2. The second-order valence-electron chi connectivity index (χ2n) is 3.74. The van der Waals surface area contributed by atoms with Crippen LogP contribution in [0.2, 0.25) is 0 Å². The van der Waals surface area contributed by atoms with E-state index in [1.807, 2.05) is 0 Å². The van der Waals surface area contributed by atoms with E-state index in [1.165, 1.54) is 6.07 Å². The molecule has 0 aliphatic carbocycles. The lowest BCUT2D eigenvalue weighted by molar-refractivity contribution is -0.117. The van der Waals surface area contributed by atoms with E-state index in [1.54, 1.807) is 24.0 Å². The first-order chi connectivity index (χ1) is 7.08. The Kier molecular flexibility index (Phi) is 2.78. The summed E-state index contributed by atoms with van der Waals surface area (Å²) in [6.07, 6.45) is 0.510. The van der Waals surface area contributed by atoms with Crippen LogP contribution >= 0.6 is 15.9 Å². The zero-order valence-electron chi connectivity index (χ0n) is 8.34. The Morgan fingerprint density at radius 1 is 1.53 bits per heavy atom. The normalized spacial score (nSPS) is 21.1. The summed E-state index contributed by atoms with van der Waals surface area (Å²) in [5, 5.41) is 0. The van der Waals surface area contributed by atoms with Gasteiger partial charge in [-0.2, -0.15) is 0 Å². The SMILES string of the molecule is Cc1cc(N2CC(Br)CC2=O)ccc1F. The van der Waals surface area contributed by atoms with Gasteiger partial charge in [0.1, 0.15) is 5.82 Å². The molecule has 0 radical (unpaired) electrons. The molecular weight excluding hydrogens is 261 g/mol. The Hall–Kier alpha value is -0.900. The van der Waals surface area contributed by atoms with Gasteiger partial charge in [-0.3, -0.25) is 4.79 Å². The third-order valence-electron chi connectivity index (χ3n) is 2.53. The van der Waals surface area contributed by atoms with Crippen LogP contribution in [0.25, 0.3) is 0 Å². The Bertz CT molecular complexity index is 408. The molecule has 1 heterocycles. The first kappa shape index (κ1) is 10.6. The van der Waals surface area contributed by atoms with Gasteiger partial charge in [-0.05, 0) is 30.7 Å². The van der Waals surface area contributed by atoms with Crippen molar-refractivity contribution >= 4 is 27.5 Å². The molecule has 1 amide bonds. The highest BCUT2D eigenvalue weighted by Gasteiger charge is 2.28. The molecule has 0 saturated carbocycles. The zero-order valence-corrected chi connectivity index (χ0v) is 9.92. The molecule has 0 N–H and O–H groups in total. The van der Waals surface area contributed by atoms with Crippen LogP contribution in [0.3, 0.4) is 0 Å². The summed E-state index contributed by atoms with van der Waals surface area (Å²) >= 11 is 3.41. The van der Waals surface area contributed by atoms with Crippen LogP contribution in [0.15, 0.2) is 18.2 Å². The van der Waals surface area contributed by atoms with E-state index in [2.05, 4.69) is 15.9 Å². The summed E-state index contributed by atoms with van der Waals surface area (Å²) < 4.78 is 13.0. The van der Waals surface area contributed by atoms with Gasteiger partial charge in [0.15, 0.2) is 0 Å². The average Bonchev–Trinajstić information content (AvgIpc) is 2.50. The molecule has 2 rings (SSSR count). The van der Waals surface area contributed by atoms with Crippen LogP contribution in [0.5, 0.6) is 0 Å². The Balaban J connectivity index is 2.30. The minimum absolute atomic E-state index is 0.0860. The standard InChI is InChI=1S/C11H11BrFNO/c1-7-4-9(2-3-10(7)13)14-6-8(12)5-11(14)15/h2-4,8H,5-6H2,1H3. The zero-order chi connectivity index (χ0) is 11.0. The molecule has 2 nitrogen and oxygen atoms in total. The number of aryl methyl sites for hydroxylation is 1. The maximum Gasteiger partial charge on any atom is 0.228 e. The van der Waals surface area contributed by atoms with Crippen LogP contribution in [0, 0.1) is 12.7 Å². The van der Waals surface area contributed by atoms with E-state index in [0.717, 1.165) is 5.69 Å². The van der Waals surface area contributed by atoms with Crippen molar-refractivity contribution in [2.45, 2.75) is 18.2 Å². The Labute approximate surface area is 96.2 Å². The van der Waals surface area contributed by atoms with Crippen molar-refractivity contribution in [3.05, 3.63) is 29.6 Å². The largest absolute Gasteiger partial charge is 0.311 e. The van der Waals surface area contributed by atoms with E-state index < -0.39 is 0 Å². The molecule has 15 heavy (non-hydrogen) atoms. The molecule has 4 heteroatoms. The van der Waals surface area contributed by atoms with Gasteiger partial charge in [0, 0.05) is 23.5 Å². The minimum atomic E-state index is -0.235. The third-order valence-corrected chi connectivity index (χ3v) is 3.14. The second-order valence-corrected chi connectivity index (χ2v) is 5.03. The van der Waals surface area contributed by atoms with Crippen LogP contribution in [-0.2, 0) is 4.79 Å². The number of hydrogen-bond donors (Lipinski definition) is 0. The number of benzene rings is 1. The summed E-state index contributed by atoms with van der Waals surface area (Å²) in [4.78, 5) is 13.5. The van der Waals surface area contributed by atoms with Crippen molar-refractivity contribution in [3.8, 4) is 0 Å². The summed E-state index contributed by atoms with van der Waals surface area (Å²) in [6, 6.07) is 4.75. The lowest BCUT2D eigenvalue weighted by atomic mass is 10.2. The van der Waals surface area contributed by atoms with Gasteiger partial charge in [0.2, 0.25) is 5.91 Å².